The van der Waals surface area contributed by atoms with Crippen LogP contribution < -0.4 is 10.6 Å². The minimum Gasteiger partial charge on any atom is -0.507 e. The van der Waals surface area contributed by atoms with Gasteiger partial charge in [0.15, 0.2) is 0 Å². The van der Waals surface area contributed by atoms with Crippen LogP contribution in [0.2, 0.25) is 0 Å². The van der Waals surface area contributed by atoms with Gasteiger partial charge in [0.1, 0.15) is 11.5 Å². The standard InChI is InChI=1S/C24H36N2O2/c1-17-11-19(3)23(27)21(13-17)15-25-9-7-5-6-8-10-26-16-22-14-18(2)12-20(4)24(22)28/h11-14,25-28H,5-10,15-16H2,1-4H3. The molecule has 2 rings (SSSR count). The van der Waals surface area contributed by atoms with Crippen molar-refractivity contribution in [1.29, 1.82) is 0 Å². The molecular formula is C24H36N2O2. The summed E-state index contributed by atoms with van der Waals surface area (Å²) in [6.45, 7) is 11.4. The highest BCUT2D eigenvalue weighted by molar-refractivity contribution is 5.43. The number of unbranched alkanes of at least 4 members (excludes halogenated alkanes) is 3. The van der Waals surface area contributed by atoms with E-state index in [0.29, 0.717) is 11.5 Å². The second-order valence-corrected chi connectivity index (χ2v) is 7.95. The van der Waals surface area contributed by atoms with Gasteiger partial charge in [0.05, 0.1) is 0 Å². The van der Waals surface area contributed by atoms with E-state index in [1.54, 1.807) is 0 Å². The summed E-state index contributed by atoms with van der Waals surface area (Å²) in [5, 5.41) is 27.1. The smallest absolute Gasteiger partial charge is 0.122 e. The molecule has 0 atom stereocenters. The van der Waals surface area contributed by atoms with Crippen LogP contribution in [-0.2, 0) is 13.1 Å². The van der Waals surface area contributed by atoms with Crippen molar-refractivity contribution in [3.8, 4) is 11.5 Å². The summed E-state index contributed by atoms with van der Waals surface area (Å²) >= 11 is 0. The quantitative estimate of drug-likeness (QED) is 0.421. The number of nitrogens with one attached hydrogen (secondary N) is 2. The van der Waals surface area contributed by atoms with E-state index in [1.807, 2.05) is 26.0 Å². The minimum atomic E-state index is 0.416. The number of aromatic hydroxyl groups is 2. The summed E-state index contributed by atoms with van der Waals surface area (Å²) in [5.74, 6) is 0.832. The van der Waals surface area contributed by atoms with Crippen LogP contribution in [0.25, 0.3) is 0 Å². The number of rotatable bonds is 11. The number of phenols is 2. The molecule has 0 aliphatic rings. The number of benzene rings is 2. The van der Waals surface area contributed by atoms with E-state index >= 15 is 0 Å². The molecular weight excluding hydrogens is 348 g/mol. The normalized spacial score (nSPS) is 11.1. The first-order valence-corrected chi connectivity index (χ1v) is 10.4. The highest BCUT2D eigenvalue weighted by Crippen LogP contribution is 2.24. The van der Waals surface area contributed by atoms with Gasteiger partial charge in [0.25, 0.3) is 0 Å². The van der Waals surface area contributed by atoms with Crippen molar-refractivity contribution in [3.63, 3.8) is 0 Å². The molecule has 2 aromatic rings. The lowest BCUT2D eigenvalue weighted by molar-refractivity contribution is 0.457. The molecule has 0 saturated heterocycles. The lowest BCUT2D eigenvalue weighted by atomic mass is 10.1. The molecule has 0 aliphatic carbocycles. The van der Waals surface area contributed by atoms with E-state index in [-0.39, 0.29) is 0 Å². The van der Waals surface area contributed by atoms with Gasteiger partial charge in [-0.3, -0.25) is 0 Å². The fourth-order valence-electron chi connectivity index (χ4n) is 3.67. The Labute approximate surface area is 170 Å². The molecule has 0 fully saturated rings. The summed E-state index contributed by atoms with van der Waals surface area (Å²) in [6.07, 6.45) is 4.68. The average molecular weight is 385 g/mol. The van der Waals surface area contributed by atoms with E-state index in [2.05, 4.69) is 36.6 Å². The molecule has 0 spiro atoms. The predicted octanol–water partition coefficient (Wildman–Crippen LogP) is 4.77. The van der Waals surface area contributed by atoms with E-state index in [1.165, 1.54) is 24.0 Å². The van der Waals surface area contributed by atoms with Gasteiger partial charge in [-0.1, -0.05) is 48.2 Å². The van der Waals surface area contributed by atoms with Crippen LogP contribution >= 0.6 is 0 Å². The highest BCUT2D eigenvalue weighted by atomic mass is 16.3. The molecule has 0 heterocycles. The van der Waals surface area contributed by atoms with Crippen LogP contribution in [0.5, 0.6) is 11.5 Å². The van der Waals surface area contributed by atoms with E-state index in [0.717, 1.165) is 61.3 Å². The van der Waals surface area contributed by atoms with Gasteiger partial charge in [0, 0.05) is 24.2 Å². The van der Waals surface area contributed by atoms with Crippen molar-refractivity contribution in [2.24, 2.45) is 0 Å². The first-order chi connectivity index (χ1) is 13.4. The monoisotopic (exact) mass is 384 g/mol. The molecule has 4 N–H and O–H groups in total. The lowest BCUT2D eigenvalue weighted by Gasteiger charge is -2.11. The second kappa shape index (κ2) is 11.1. The Balaban J connectivity index is 1.54. The lowest BCUT2D eigenvalue weighted by Crippen LogP contribution is -2.16. The maximum atomic E-state index is 10.1. The third-order valence-corrected chi connectivity index (χ3v) is 5.14. The van der Waals surface area contributed by atoms with E-state index < -0.39 is 0 Å². The van der Waals surface area contributed by atoms with E-state index in [4.69, 9.17) is 0 Å². The van der Waals surface area contributed by atoms with Crippen LogP contribution in [0.4, 0.5) is 0 Å². The largest absolute Gasteiger partial charge is 0.507 e. The van der Waals surface area contributed by atoms with Crippen molar-refractivity contribution in [2.75, 3.05) is 13.1 Å². The molecule has 28 heavy (non-hydrogen) atoms. The van der Waals surface area contributed by atoms with Crippen molar-refractivity contribution in [1.82, 2.24) is 10.6 Å². The van der Waals surface area contributed by atoms with Crippen LogP contribution in [0.15, 0.2) is 24.3 Å². The van der Waals surface area contributed by atoms with Crippen LogP contribution in [0.1, 0.15) is 59.1 Å². The molecule has 0 radical (unpaired) electrons. The molecule has 4 heteroatoms. The Morgan fingerprint density at radius 2 is 1.00 bits per heavy atom. The van der Waals surface area contributed by atoms with Gasteiger partial charge in [-0.15, -0.1) is 0 Å². The summed E-state index contributed by atoms with van der Waals surface area (Å²) in [7, 11) is 0. The van der Waals surface area contributed by atoms with Crippen molar-refractivity contribution < 1.29 is 10.2 Å². The zero-order chi connectivity index (χ0) is 20.5. The van der Waals surface area contributed by atoms with Gasteiger partial charge in [0.2, 0.25) is 0 Å². The fourth-order valence-corrected chi connectivity index (χ4v) is 3.67. The minimum absolute atomic E-state index is 0.416. The first kappa shape index (κ1) is 22.3. The topological polar surface area (TPSA) is 64.5 Å². The molecule has 4 nitrogen and oxygen atoms in total. The second-order valence-electron chi connectivity index (χ2n) is 7.95. The number of hydrogen-bond donors (Lipinski definition) is 4. The molecule has 0 aromatic heterocycles. The number of phenolic OH excluding ortho intramolecular Hbond substituents is 2. The van der Waals surface area contributed by atoms with Crippen molar-refractivity contribution >= 4 is 0 Å². The van der Waals surface area contributed by atoms with Gasteiger partial charge < -0.3 is 20.8 Å². The predicted molar refractivity (Wildman–Crippen MR) is 117 cm³/mol. The molecule has 154 valence electrons. The zero-order valence-corrected chi connectivity index (χ0v) is 17.9. The fraction of sp³-hybridized carbons (Fsp3) is 0.500. The summed E-state index contributed by atoms with van der Waals surface area (Å²) in [4.78, 5) is 0. The summed E-state index contributed by atoms with van der Waals surface area (Å²) in [6, 6.07) is 8.12. The Bertz CT molecular complexity index is 706. The zero-order valence-electron chi connectivity index (χ0n) is 17.9. The maximum absolute atomic E-state index is 10.1. The van der Waals surface area contributed by atoms with E-state index in [9.17, 15) is 10.2 Å². The first-order valence-electron chi connectivity index (χ1n) is 10.4. The highest BCUT2D eigenvalue weighted by Gasteiger charge is 2.06. The third-order valence-electron chi connectivity index (χ3n) is 5.14. The molecule has 2 aromatic carbocycles. The van der Waals surface area contributed by atoms with Gasteiger partial charge in [-0.05, 0) is 64.8 Å². The number of hydrogen-bond acceptors (Lipinski definition) is 4. The Morgan fingerprint density at radius 1 is 0.607 bits per heavy atom. The summed E-state index contributed by atoms with van der Waals surface area (Å²) in [5.41, 5.74) is 6.23. The molecule has 0 saturated carbocycles. The van der Waals surface area contributed by atoms with Gasteiger partial charge >= 0.3 is 0 Å². The van der Waals surface area contributed by atoms with Crippen LogP contribution in [0.3, 0.4) is 0 Å². The Hall–Kier alpha value is -2.04. The SMILES string of the molecule is Cc1cc(C)c(O)c(CNCCCCCCNCc2cc(C)cc(C)c2O)c1. The average Bonchev–Trinajstić information content (AvgIpc) is 2.64. The van der Waals surface area contributed by atoms with Gasteiger partial charge in [-0.25, -0.2) is 0 Å². The molecule has 0 aliphatic heterocycles. The maximum Gasteiger partial charge on any atom is 0.122 e. The van der Waals surface area contributed by atoms with Crippen molar-refractivity contribution in [2.45, 2.75) is 66.5 Å². The van der Waals surface area contributed by atoms with Crippen molar-refractivity contribution in [3.05, 3.63) is 57.6 Å². The number of aryl methyl sites for hydroxylation is 4. The van der Waals surface area contributed by atoms with Crippen LogP contribution in [0, 0.1) is 27.7 Å². The Morgan fingerprint density at radius 3 is 1.39 bits per heavy atom. The summed E-state index contributed by atoms with van der Waals surface area (Å²) < 4.78 is 0. The third kappa shape index (κ3) is 6.84. The molecule has 0 bridgehead atoms. The molecule has 0 unspecified atom stereocenters. The van der Waals surface area contributed by atoms with Gasteiger partial charge in [-0.2, -0.15) is 0 Å². The Kier molecular flexibility index (Phi) is 8.81. The molecule has 0 amide bonds. The van der Waals surface area contributed by atoms with Crippen LogP contribution in [-0.4, -0.2) is 23.3 Å².